The molecule has 4 atom stereocenters. The quantitative estimate of drug-likeness (QED) is 0.216. The van der Waals surface area contributed by atoms with Gasteiger partial charge >= 0.3 is 5.97 Å². The first kappa shape index (κ1) is 28.2. The number of fused-ring (bicyclic) bond motifs is 1. The third kappa shape index (κ3) is 4.62. The van der Waals surface area contributed by atoms with Crippen LogP contribution in [-0.2, 0) is 19.1 Å². The number of carbonyl (C=O) groups excluding carboxylic acids is 3. The molecule has 1 aromatic heterocycles. The average molecular weight is 601 g/mol. The van der Waals surface area contributed by atoms with Gasteiger partial charge in [0.2, 0.25) is 11.8 Å². The summed E-state index contributed by atoms with van der Waals surface area (Å²) in [6.07, 6.45) is 4.13. The Morgan fingerprint density at radius 2 is 1.64 bits per heavy atom. The van der Waals surface area contributed by atoms with E-state index in [4.69, 9.17) is 21.4 Å². The average Bonchev–Trinajstić information content (AvgIpc) is 3.69. The zero-order valence-corrected chi connectivity index (χ0v) is 24.6. The van der Waals surface area contributed by atoms with Gasteiger partial charge in [-0.05, 0) is 54.8 Å². The molecule has 2 aliphatic rings. The highest BCUT2D eigenvalue weighted by Gasteiger charge is 2.69. The lowest BCUT2D eigenvalue weighted by Crippen LogP contribution is -2.56. The van der Waals surface area contributed by atoms with Crippen molar-refractivity contribution in [2.24, 2.45) is 11.8 Å². The molecule has 3 aromatic carbocycles. The molecule has 2 aliphatic heterocycles. The SMILES string of the molecule is COC(=O)[C@]1(CCSC)N[C@H](c2cn(-c3ccccc3)nc2-c2ccccc2)[C@@H]2C(=O)N(c3ccc(Cl)cc3)C(=O)[C@@H]21. The van der Waals surface area contributed by atoms with E-state index in [1.165, 1.54) is 12.0 Å². The normalized spacial score (nSPS) is 23.3. The van der Waals surface area contributed by atoms with Gasteiger partial charge in [-0.2, -0.15) is 16.9 Å². The van der Waals surface area contributed by atoms with Crippen molar-refractivity contribution in [1.82, 2.24) is 15.1 Å². The standard InChI is InChI=1S/C32H29ClN4O4S/c1-41-31(40)32(17-18-42-2)26-25(29(38)37(30(26)39)23-15-13-21(33)14-16-23)28(34-32)24-19-36(22-11-7-4-8-12-22)35-27(24)20-9-5-3-6-10-20/h3-16,19,25-26,28,34H,17-18H2,1-2H3/t25-,26-,28-,32-/m1/s1. The zero-order valence-electron chi connectivity index (χ0n) is 23.1. The van der Waals surface area contributed by atoms with Gasteiger partial charge in [-0.1, -0.05) is 60.1 Å². The number of thioether (sulfide) groups is 1. The summed E-state index contributed by atoms with van der Waals surface area (Å²) in [5.41, 5.74) is 2.07. The van der Waals surface area contributed by atoms with Crippen molar-refractivity contribution in [3.8, 4) is 16.9 Å². The molecular weight excluding hydrogens is 572 g/mol. The maximum atomic E-state index is 14.3. The van der Waals surface area contributed by atoms with Crippen LogP contribution in [-0.4, -0.2) is 52.2 Å². The van der Waals surface area contributed by atoms with Crippen molar-refractivity contribution in [3.05, 3.63) is 102 Å². The second-order valence-corrected chi connectivity index (χ2v) is 11.8. The molecular formula is C32H29ClN4O4S. The Kier molecular flexibility index (Phi) is 7.66. The Hall–Kier alpha value is -3.92. The van der Waals surface area contributed by atoms with E-state index < -0.39 is 35.3 Å². The van der Waals surface area contributed by atoms with Gasteiger partial charge in [0.05, 0.1) is 36.0 Å². The predicted molar refractivity (Wildman–Crippen MR) is 164 cm³/mol. The van der Waals surface area contributed by atoms with Crippen LogP contribution >= 0.6 is 23.4 Å². The maximum absolute atomic E-state index is 14.3. The maximum Gasteiger partial charge on any atom is 0.326 e. The summed E-state index contributed by atoms with van der Waals surface area (Å²) < 4.78 is 7.10. The lowest BCUT2D eigenvalue weighted by molar-refractivity contribution is -0.152. The highest BCUT2D eigenvalue weighted by atomic mass is 35.5. The molecule has 214 valence electrons. The van der Waals surface area contributed by atoms with Gasteiger partial charge in [0.25, 0.3) is 0 Å². The molecule has 0 spiro atoms. The van der Waals surface area contributed by atoms with Gasteiger partial charge in [-0.15, -0.1) is 0 Å². The molecule has 2 fully saturated rings. The van der Waals surface area contributed by atoms with Gasteiger partial charge in [0.1, 0.15) is 5.54 Å². The Morgan fingerprint density at radius 1 is 0.976 bits per heavy atom. The van der Waals surface area contributed by atoms with Crippen LogP contribution in [0.5, 0.6) is 0 Å². The number of nitrogens with zero attached hydrogens (tertiary/aromatic N) is 3. The first-order chi connectivity index (χ1) is 20.4. The number of nitrogens with one attached hydrogen (secondary N) is 1. The van der Waals surface area contributed by atoms with Crippen LogP contribution in [0.3, 0.4) is 0 Å². The van der Waals surface area contributed by atoms with Gasteiger partial charge < -0.3 is 4.74 Å². The molecule has 0 unspecified atom stereocenters. The molecule has 4 aromatic rings. The van der Waals surface area contributed by atoms with Gasteiger partial charge in [-0.25, -0.2) is 9.58 Å². The highest BCUT2D eigenvalue weighted by Crippen LogP contribution is 2.52. The second kappa shape index (κ2) is 11.4. The molecule has 42 heavy (non-hydrogen) atoms. The van der Waals surface area contributed by atoms with Crippen molar-refractivity contribution in [1.29, 1.82) is 0 Å². The molecule has 0 aliphatic carbocycles. The molecule has 2 saturated heterocycles. The number of hydrogen-bond donors (Lipinski definition) is 1. The number of amides is 2. The predicted octanol–water partition coefficient (Wildman–Crippen LogP) is 5.31. The van der Waals surface area contributed by atoms with E-state index in [9.17, 15) is 14.4 Å². The van der Waals surface area contributed by atoms with Crippen molar-refractivity contribution in [2.45, 2.75) is 18.0 Å². The van der Waals surface area contributed by atoms with Crippen molar-refractivity contribution >= 4 is 46.8 Å². The topological polar surface area (TPSA) is 93.5 Å². The molecule has 8 nitrogen and oxygen atoms in total. The number of methoxy groups -OCH3 is 1. The number of hydrogen-bond acceptors (Lipinski definition) is 7. The Balaban J connectivity index is 1.55. The summed E-state index contributed by atoms with van der Waals surface area (Å²) in [5.74, 6) is -2.66. The van der Waals surface area contributed by atoms with Crippen LogP contribution in [0.2, 0.25) is 5.02 Å². The Morgan fingerprint density at radius 3 is 2.29 bits per heavy atom. The number of carbonyl (C=O) groups is 3. The number of anilines is 1. The fourth-order valence-electron chi connectivity index (χ4n) is 6.23. The summed E-state index contributed by atoms with van der Waals surface area (Å²) in [5, 5.41) is 8.93. The van der Waals surface area contributed by atoms with E-state index in [0.29, 0.717) is 34.1 Å². The fourth-order valence-corrected chi connectivity index (χ4v) is 6.88. The van der Waals surface area contributed by atoms with Crippen molar-refractivity contribution < 1.29 is 19.1 Å². The monoisotopic (exact) mass is 600 g/mol. The lowest BCUT2D eigenvalue weighted by atomic mass is 9.77. The van der Waals surface area contributed by atoms with Crippen LogP contribution in [0.15, 0.2) is 91.1 Å². The van der Waals surface area contributed by atoms with E-state index in [2.05, 4.69) is 5.32 Å². The summed E-state index contributed by atoms with van der Waals surface area (Å²) >= 11 is 7.67. The molecule has 0 bridgehead atoms. The van der Waals surface area contributed by atoms with E-state index in [1.807, 2.05) is 73.1 Å². The zero-order chi connectivity index (χ0) is 29.4. The van der Waals surface area contributed by atoms with E-state index in [-0.39, 0.29) is 5.91 Å². The summed E-state index contributed by atoms with van der Waals surface area (Å²) in [7, 11) is 1.31. The summed E-state index contributed by atoms with van der Waals surface area (Å²) in [6, 6.07) is 25.2. The van der Waals surface area contributed by atoms with Crippen LogP contribution in [0.25, 0.3) is 16.9 Å². The highest BCUT2D eigenvalue weighted by molar-refractivity contribution is 7.98. The minimum Gasteiger partial charge on any atom is -0.468 e. The molecule has 3 heterocycles. The number of para-hydroxylation sites is 1. The fraction of sp³-hybridized carbons (Fsp3) is 0.250. The van der Waals surface area contributed by atoms with Crippen molar-refractivity contribution in [2.75, 3.05) is 24.0 Å². The first-order valence-electron chi connectivity index (χ1n) is 13.6. The van der Waals surface area contributed by atoms with Crippen molar-refractivity contribution in [3.63, 3.8) is 0 Å². The van der Waals surface area contributed by atoms with Crippen LogP contribution in [0.1, 0.15) is 18.0 Å². The van der Waals surface area contributed by atoms with Crippen LogP contribution in [0, 0.1) is 11.8 Å². The van der Waals surface area contributed by atoms with Crippen LogP contribution in [0.4, 0.5) is 5.69 Å². The molecule has 2 amide bonds. The van der Waals surface area contributed by atoms with E-state index >= 15 is 0 Å². The number of ether oxygens (including phenoxy) is 1. The van der Waals surface area contributed by atoms with Crippen LogP contribution < -0.4 is 10.2 Å². The molecule has 10 heteroatoms. The van der Waals surface area contributed by atoms with E-state index in [1.54, 1.807) is 40.7 Å². The Labute approximate surface area is 253 Å². The summed E-state index contributed by atoms with van der Waals surface area (Å²) in [6.45, 7) is 0. The number of halogens is 1. The third-order valence-electron chi connectivity index (χ3n) is 8.13. The number of rotatable bonds is 8. The number of imide groups is 1. The second-order valence-electron chi connectivity index (χ2n) is 10.4. The number of esters is 1. The van der Waals surface area contributed by atoms with E-state index in [0.717, 1.165) is 11.3 Å². The molecule has 1 N–H and O–H groups in total. The third-order valence-corrected chi connectivity index (χ3v) is 9.00. The lowest BCUT2D eigenvalue weighted by Gasteiger charge is -2.32. The smallest absolute Gasteiger partial charge is 0.326 e. The summed E-state index contributed by atoms with van der Waals surface area (Å²) in [4.78, 5) is 43.4. The minimum absolute atomic E-state index is 0.305. The molecule has 0 saturated carbocycles. The van der Waals surface area contributed by atoms with Gasteiger partial charge in [0.15, 0.2) is 0 Å². The Bertz CT molecular complexity index is 1630. The first-order valence-corrected chi connectivity index (χ1v) is 15.4. The molecule has 6 rings (SSSR count). The van der Waals surface area contributed by atoms with Gasteiger partial charge in [0, 0.05) is 28.4 Å². The minimum atomic E-state index is -1.41. The number of benzene rings is 3. The van der Waals surface area contributed by atoms with Gasteiger partial charge in [-0.3, -0.25) is 19.7 Å². The molecule has 0 radical (unpaired) electrons. The number of aromatic nitrogens is 2. The largest absolute Gasteiger partial charge is 0.468 e.